The molecule has 0 spiro atoms. The predicted octanol–water partition coefficient (Wildman–Crippen LogP) is 3.82. The molecule has 1 saturated heterocycles. The summed E-state index contributed by atoms with van der Waals surface area (Å²) in [5, 5.41) is 0. The van der Waals surface area contributed by atoms with Crippen molar-refractivity contribution < 1.29 is 22.7 Å². The zero-order chi connectivity index (χ0) is 20.9. The van der Waals surface area contributed by atoms with Gasteiger partial charge in [0.2, 0.25) is 5.91 Å². The first kappa shape index (κ1) is 21.2. The van der Waals surface area contributed by atoms with Crippen molar-refractivity contribution in [3.8, 4) is 5.75 Å². The molecule has 156 valence electrons. The van der Waals surface area contributed by atoms with Crippen LogP contribution in [0.25, 0.3) is 0 Å². The molecule has 4 nitrogen and oxygen atoms in total. The van der Waals surface area contributed by atoms with Crippen molar-refractivity contribution in [3.63, 3.8) is 0 Å². The molecule has 0 radical (unpaired) electrons. The molecular weight excluding hydrogens is 381 g/mol. The Bertz CT molecular complexity index is 831. The zero-order valence-electron chi connectivity index (χ0n) is 16.4. The van der Waals surface area contributed by atoms with E-state index in [1.54, 1.807) is 12.1 Å². The van der Waals surface area contributed by atoms with E-state index in [1.165, 1.54) is 6.07 Å². The highest BCUT2D eigenvalue weighted by Crippen LogP contribution is 2.20. The van der Waals surface area contributed by atoms with E-state index in [1.807, 2.05) is 42.2 Å². The smallest absolute Gasteiger partial charge is 0.422 e. The second-order valence-corrected chi connectivity index (χ2v) is 7.31. The van der Waals surface area contributed by atoms with Gasteiger partial charge in [-0.2, -0.15) is 13.2 Å². The SMILES string of the molecule is Cc1ccccc1CC(=O)N1CCN(Cc2cccc(OCC(F)(F)F)c2)CC1. The highest BCUT2D eigenvalue weighted by atomic mass is 19.4. The lowest BCUT2D eigenvalue weighted by atomic mass is 10.1. The predicted molar refractivity (Wildman–Crippen MR) is 105 cm³/mol. The van der Waals surface area contributed by atoms with Gasteiger partial charge in [0.1, 0.15) is 5.75 Å². The molecule has 2 aromatic rings. The molecule has 1 fully saturated rings. The summed E-state index contributed by atoms with van der Waals surface area (Å²) in [7, 11) is 0. The van der Waals surface area contributed by atoms with Crippen molar-refractivity contribution in [2.45, 2.75) is 26.1 Å². The molecule has 1 aliphatic rings. The van der Waals surface area contributed by atoms with Gasteiger partial charge in [0.25, 0.3) is 0 Å². The van der Waals surface area contributed by atoms with Crippen LogP contribution in [0, 0.1) is 6.92 Å². The van der Waals surface area contributed by atoms with Gasteiger partial charge in [-0.25, -0.2) is 0 Å². The second kappa shape index (κ2) is 9.31. The van der Waals surface area contributed by atoms with Crippen molar-refractivity contribution >= 4 is 5.91 Å². The molecule has 1 aliphatic heterocycles. The molecule has 0 saturated carbocycles. The van der Waals surface area contributed by atoms with Crippen LogP contribution in [-0.4, -0.2) is 54.7 Å². The third-order valence-corrected chi connectivity index (χ3v) is 5.04. The lowest BCUT2D eigenvalue weighted by Gasteiger charge is -2.35. The highest BCUT2D eigenvalue weighted by molar-refractivity contribution is 5.79. The summed E-state index contributed by atoms with van der Waals surface area (Å²) >= 11 is 0. The maximum atomic E-state index is 12.6. The molecule has 2 aromatic carbocycles. The first-order valence-electron chi connectivity index (χ1n) is 9.63. The molecule has 29 heavy (non-hydrogen) atoms. The van der Waals surface area contributed by atoms with E-state index in [0.29, 0.717) is 26.1 Å². The van der Waals surface area contributed by atoms with Gasteiger partial charge in [-0.3, -0.25) is 9.69 Å². The lowest BCUT2D eigenvalue weighted by Crippen LogP contribution is -2.48. The molecule has 0 atom stereocenters. The molecule has 3 rings (SSSR count). The number of ether oxygens (including phenoxy) is 1. The zero-order valence-corrected chi connectivity index (χ0v) is 16.4. The number of halogens is 3. The van der Waals surface area contributed by atoms with Crippen LogP contribution < -0.4 is 4.74 Å². The van der Waals surface area contributed by atoms with E-state index < -0.39 is 12.8 Å². The van der Waals surface area contributed by atoms with Crippen LogP contribution in [0.15, 0.2) is 48.5 Å². The van der Waals surface area contributed by atoms with Gasteiger partial charge in [0.05, 0.1) is 6.42 Å². The fourth-order valence-corrected chi connectivity index (χ4v) is 3.40. The quantitative estimate of drug-likeness (QED) is 0.731. The Labute approximate surface area is 168 Å². The largest absolute Gasteiger partial charge is 0.484 e. The Hall–Kier alpha value is -2.54. The Balaban J connectivity index is 1.48. The highest BCUT2D eigenvalue weighted by Gasteiger charge is 2.28. The summed E-state index contributed by atoms with van der Waals surface area (Å²) in [5.74, 6) is 0.341. The molecule has 1 heterocycles. The van der Waals surface area contributed by atoms with Crippen molar-refractivity contribution in [2.75, 3.05) is 32.8 Å². The molecule has 0 N–H and O–H groups in total. The van der Waals surface area contributed by atoms with Gasteiger partial charge in [-0.15, -0.1) is 0 Å². The van der Waals surface area contributed by atoms with Crippen LogP contribution in [-0.2, 0) is 17.8 Å². The average molecular weight is 406 g/mol. The van der Waals surface area contributed by atoms with E-state index in [4.69, 9.17) is 4.74 Å². The van der Waals surface area contributed by atoms with E-state index >= 15 is 0 Å². The third kappa shape index (κ3) is 6.49. The number of rotatable bonds is 6. The molecule has 0 aromatic heterocycles. The summed E-state index contributed by atoms with van der Waals surface area (Å²) in [6.07, 6.45) is -3.94. The Morgan fingerprint density at radius 1 is 1.03 bits per heavy atom. The van der Waals surface area contributed by atoms with Crippen LogP contribution in [0.5, 0.6) is 5.75 Å². The average Bonchev–Trinajstić information content (AvgIpc) is 2.68. The van der Waals surface area contributed by atoms with Gasteiger partial charge >= 0.3 is 6.18 Å². The molecule has 7 heteroatoms. The number of aryl methyl sites for hydroxylation is 1. The fraction of sp³-hybridized carbons (Fsp3) is 0.409. The summed E-state index contributed by atoms with van der Waals surface area (Å²) in [4.78, 5) is 16.7. The maximum Gasteiger partial charge on any atom is 0.422 e. The first-order valence-corrected chi connectivity index (χ1v) is 9.63. The Kier molecular flexibility index (Phi) is 6.79. The van der Waals surface area contributed by atoms with Crippen LogP contribution in [0.4, 0.5) is 13.2 Å². The molecule has 0 bridgehead atoms. The minimum Gasteiger partial charge on any atom is -0.484 e. The fourth-order valence-electron chi connectivity index (χ4n) is 3.40. The van der Waals surface area contributed by atoms with Crippen molar-refractivity contribution in [3.05, 3.63) is 65.2 Å². The van der Waals surface area contributed by atoms with Gasteiger partial charge in [-0.05, 0) is 35.7 Å². The number of carbonyl (C=O) groups excluding carboxylic acids is 1. The van der Waals surface area contributed by atoms with Crippen molar-refractivity contribution in [1.82, 2.24) is 9.80 Å². The number of alkyl halides is 3. The van der Waals surface area contributed by atoms with Crippen LogP contribution in [0.3, 0.4) is 0 Å². The van der Waals surface area contributed by atoms with Crippen molar-refractivity contribution in [1.29, 1.82) is 0 Å². The minimum atomic E-state index is -4.35. The first-order chi connectivity index (χ1) is 13.8. The topological polar surface area (TPSA) is 32.8 Å². The van der Waals surface area contributed by atoms with Gasteiger partial charge in [-0.1, -0.05) is 36.4 Å². The summed E-state index contributed by atoms with van der Waals surface area (Å²) in [5.41, 5.74) is 3.06. The Morgan fingerprint density at radius 3 is 2.45 bits per heavy atom. The lowest BCUT2D eigenvalue weighted by molar-refractivity contribution is -0.153. The second-order valence-electron chi connectivity index (χ2n) is 7.31. The molecule has 0 aliphatic carbocycles. The summed E-state index contributed by atoms with van der Waals surface area (Å²) in [6.45, 7) is 4.08. The number of hydrogen-bond acceptors (Lipinski definition) is 3. The number of amides is 1. The van der Waals surface area contributed by atoms with Gasteiger partial charge < -0.3 is 9.64 Å². The normalized spacial score (nSPS) is 15.4. The number of nitrogens with zero attached hydrogens (tertiary/aromatic N) is 2. The number of carbonyl (C=O) groups is 1. The van der Waals surface area contributed by atoms with E-state index in [9.17, 15) is 18.0 Å². The Morgan fingerprint density at radius 2 is 1.76 bits per heavy atom. The van der Waals surface area contributed by atoms with E-state index in [0.717, 1.165) is 29.8 Å². The van der Waals surface area contributed by atoms with E-state index in [-0.39, 0.29) is 11.7 Å². The number of hydrogen-bond donors (Lipinski definition) is 0. The van der Waals surface area contributed by atoms with Gasteiger partial charge in [0, 0.05) is 32.7 Å². The monoisotopic (exact) mass is 406 g/mol. The molecule has 1 amide bonds. The summed E-state index contributed by atoms with van der Waals surface area (Å²) in [6, 6.07) is 14.6. The number of benzene rings is 2. The minimum absolute atomic E-state index is 0.126. The summed E-state index contributed by atoms with van der Waals surface area (Å²) < 4.78 is 41.8. The maximum absolute atomic E-state index is 12.6. The van der Waals surface area contributed by atoms with Crippen molar-refractivity contribution in [2.24, 2.45) is 0 Å². The van der Waals surface area contributed by atoms with E-state index in [2.05, 4.69) is 4.90 Å². The number of piperazine rings is 1. The molecular formula is C22H25F3N2O2. The van der Waals surface area contributed by atoms with Gasteiger partial charge in [0.15, 0.2) is 6.61 Å². The van der Waals surface area contributed by atoms with Crippen LogP contribution in [0.2, 0.25) is 0 Å². The van der Waals surface area contributed by atoms with Crippen LogP contribution >= 0.6 is 0 Å². The standard InChI is InChI=1S/C22H25F3N2O2/c1-17-5-2-3-7-19(17)14-21(28)27-11-9-26(10-12-27)15-18-6-4-8-20(13-18)29-16-22(23,24)25/h2-8,13H,9-12,14-16H2,1H3. The third-order valence-electron chi connectivity index (χ3n) is 5.04. The van der Waals surface area contributed by atoms with Crippen LogP contribution in [0.1, 0.15) is 16.7 Å². The molecule has 0 unspecified atom stereocenters.